The van der Waals surface area contributed by atoms with Crippen molar-refractivity contribution in [2.45, 2.75) is 50.9 Å². The average molecular weight is 618 g/mol. The number of carboxylic acid groups (broad SMARTS) is 1. The van der Waals surface area contributed by atoms with Crippen molar-refractivity contribution in [3.8, 4) is 17.4 Å². The molecule has 3 aliphatic heterocycles. The van der Waals surface area contributed by atoms with Gasteiger partial charge in [0.15, 0.2) is 11.5 Å². The number of benzene rings is 1. The number of aromatic nitrogens is 2. The number of amides is 2. The van der Waals surface area contributed by atoms with E-state index in [4.69, 9.17) is 18.9 Å². The summed E-state index contributed by atoms with van der Waals surface area (Å²) in [7, 11) is 1.57. The third-order valence-corrected chi connectivity index (χ3v) is 8.64. The normalized spacial score (nSPS) is 17.4. The number of ether oxygens (including phenoxy) is 4. The van der Waals surface area contributed by atoms with Crippen molar-refractivity contribution in [3.05, 3.63) is 71.5 Å². The molecule has 0 saturated carbocycles. The Labute approximate surface area is 262 Å². The Kier molecular flexibility index (Phi) is 9.61. The van der Waals surface area contributed by atoms with Gasteiger partial charge in [0.05, 0.1) is 44.8 Å². The Balaban J connectivity index is 1.15. The molecule has 3 aliphatic rings. The van der Waals surface area contributed by atoms with Crippen molar-refractivity contribution < 1.29 is 33.6 Å². The maximum Gasteiger partial charge on any atom is 0.407 e. The van der Waals surface area contributed by atoms with E-state index in [1.165, 1.54) is 4.90 Å². The number of rotatable bonds is 11. The lowest BCUT2D eigenvalue weighted by molar-refractivity contribution is -0.119. The number of carbonyl (C=O) groups excluding carboxylic acids is 1. The van der Waals surface area contributed by atoms with Gasteiger partial charge in [-0.25, -0.2) is 4.79 Å². The summed E-state index contributed by atoms with van der Waals surface area (Å²) in [6.07, 6.45) is 2.96. The summed E-state index contributed by atoms with van der Waals surface area (Å²) < 4.78 is 22.8. The zero-order valence-electron chi connectivity index (χ0n) is 25.5. The highest BCUT2D eigenvalue weighted by Gasteiger charge is 2.35. The first kappa shape index (κ1) is 30.6. The highest BCUT2D eigenvalue weighted by Crippen LogP contribution is 2.32. The van der Waals surface area contributed by atoms with Gasteiger partial charge in [-0.15, -0.1) is 0 Å². The predicted molar refractivity (Wildman–Crippen MR) is 165 cm³/mol. The maximum absolute atomic E-state index is 13.2. The van der Waals surface area contributed by atoms with E-state index in [2.05, 4.69) is 14.9 Å². The second kappa shape index (κ2) is 14.1. The minimum atomic E-state index is -0.983. The molecule has 238 valence electrons. The molecule has 0 radical (unpaired) electrons. The highest BCUT2D eigenvalue weighted by atomic mass is 16.6. The smallest absolute Gasteiger partial charge is 0.407 e. The number of hydrogen-bond donors (Lipinski definition) is 1. The van der Waals surface area contributed by atoms with E-state index in [0.717, 1.165) is 11.1 Å². The van der Waals surface area contributed by atoms with Crippen molar-refractivity contribution in [1.82, 2.24) is 19.8 Å². The van der Waals surface area contributed by atoms with Crippen LogP contribution in [0, 0.1) is 0 Å². The molecular weight excluding hydrogens is 578 g/mol. The minimum absolute atomic E-state index is 0.0233. The van der Waals surface area contributed by atoms with Gasteiger partial charge in [0.2, 0.25) is 11.8 Å². The molecule has 2 aromatic heterocycles. The van der Waals surface area contributed by atoms with Crippen molar-refractivity contribution >= 4 is 17.8 Å². The van der Waals surface area contributed by atoms with Crippen LogP contribution in [-0.2, 0) is 29.1 Å². The minimum Gasteiger partial charge on any atom is -0.486 e. The van der Waals surface area contributed by atoms with Crippen LogP contribution in [0.4, 0.5) is 10.6 Å². The molecule has 2 amide bonds. The first-order chi connectivity index (χ1) is 22.0. The van der Waals surface area contributed by atoms with Crippen molar-refractivity contribution in [1.29, 1.82) is 0 Å². The molecule has 0 bridgehead atoms. The van der Waals surface area contributed by atoms with Crippen LogP contribution in [0.2, 0.25) is 0 Å². The number of likely N-dealkylation sites (tertiary alicyclic amines) is 1. The molecule has 3 aromatic rings. The monoisotopic (exact) mass is 617 g/mol. The van der Waals surface area contributed by atoms with Gasteiger partial charge in [-0.05, 0) is 36.5 Å². The average Bonchev–Trinajstić information content (AvgIpc) is 3.08. The Bertz CT molecular complexity index is 1480. The van der Waals surface area contributed by atoms with Gasteiger partial charge in [0.25, 0.3) is 0 Å². The quantitative estimate of drug-likeness (QED) is 0.340. The lowest BCUT2D eigenvalue weighted by atomic mass is 10.00. The summed E-state index contributed by atoms with van der Waals surface area (Å²) in [6, 6.07) is 15.3. The standard InChI is InChI=1S/C33H39N5O7/c1-42-30-9-7-24-8-10-31(39)38(32(24)35-30)20-27(22-43-21-23-5-3-2-4-6-23)36-13-11-26(12-14-36)37(33(40)41)19-25-17-28-29(18-34-25)45-16-15-44-28/h2-7,9,17-18,26-27H,8,10-16,19-22H2,1H3,(H,40,41). The van der Waals surface area contributed by atoms with Crippen molar-refractivity contribution in [2.24, 2.45) is 0 Å². The second-order valence-corrected chi connectivity index (χ2v) is 11.5. The van der Waals surface area contributed by atoms with Gasteiger partial charge < -0.3 is 24.1 Å². The molecule has 12 heteroatoms. The Morgan fingerprint density at radius 2 is 1.87 bits per heavy atom. The van der Waals surface area contributed by atoms with E-state index < -0.39 is 6.09 Å². The fourth-order valence-corrected chi connectivity index (χ4v) is 6.22. The van der Waals surface area contributed by atoms with Gasteiger partial charge in [-0.3, -0.25) is 24.5 Å². The van der Waals surface area contributed by atoms with E-state index >= 15 is 0 Å². The largest absolute Gasteiger partial charge is 0.486 e. The molecular formula is C33H39N5O7. The number of fused-ring (bicyclic) bond motifs is 2. The van der Waals surface area contributed by atoms with Crippen LogP contribution in [0.1, 0.15) is 36.1 Å². The SMILES string of the molecule is COc1ccc2c(n1)N(CC(COCc1ccccc1)N1CCC(N(Cc3cc4c(cn3)OCCO4)C(=O)O)CC1)C(=O)CC2. The predicted octanol–water partition coefficient (Wildman–Crippen LogP) is 3.77. The summed E-state index contributed by atoms with van der Waals surface area (Å²) >= 11 is 0. The van der Waals surface area contributed by atoms with Gasteiger partial charge in [-0.1, -0.05) is 30.3 Å². The fraction of sp³-hybridized carbons (Fsp3) is 0.455. The van der Waals surface area contributed by atoms with E-state index in [9.17, 15) is 14.7 Å². The summed E-state index contributed by atoms with van der Waals surface area (Å²) in [5.74, 6) is 2.29. The lowest BCUT2D eigenvalue weighted by Crippen LogP contribution is -2.54. The van der Waals surface area contributed by atoms with Gasteiger partial charge in [-0.2, -0.15) is 4.98 Å². The molecule has 0 spiro atoms. The zero-order valence-corrected chi connectivity index (χ0v) is 25.5. The van der Waals surface area contributed by atoms with Crippen LogP contribution < -0.4 is 19.1 Å². The first-order valence-electron chi connectivity index (χ1n) is 15.4. The molecule has 45 heavy (non-hydrogen) atoms. The van der Waals surface area contributed by atoms with Crippen LogP contribution >= 0.6 is 0 Å². The highest BCUT2D eigenvalue weighted by molar-refractivity contribution is 5.95. The molecule has 1 N–H and O–H groups in total. The molecule has 5 heterocycles. The Hall–Kier alpha value is -4.42. The molecule has 1 fully saturated rings. The molecule has 0 aliphatic carbocycles. The number of pyridine rings is 2. The first-order valence-corrected chi connectivity index (χ1v) is 15.4. The van der Waals surface area contributed by atoms with E-state index in [1.807, 2.05) is 42.5 Å². The van der Waals surface area contributed by atoms with E-state index in [-0.39, 0.29) is 24.5 Å². The molecule has 1 aromatic carbocycles. The Morgan fingerprint density at radius 1 is 1.09 bits per heavy atom. The van der Waals surface area contributed by atoms with Gasteiger partial charge in [0.1, 0.15) is 19.0 Å². The van der Waals surface area contributed by atoms with Crippen molar-refractivity contribution in [3.63, 3.8) is 0 Å². The molecule has 1 saturated heterocycles. The van der Waals surface area contributed by atoms with E-state index in [1.54, 1.807) is 24.3 Å². The molecule has 1 atom stereocenters. The number of methoxy groups -OCH3 is 1. The van der Waals surface area contributed by atoms with Crippen molar-refractivity contribution in [2.75, 3.05) is 51.5 Å². The van der Waals surface area contributed by atoms with E-state index in [0.29, 0.717) is 101 Å². The zero-order chi connectivity index (χ0) is 31.2. The van der Waals surface area contributed by atoms with Crippen LogP contribution in [0.5, 0.6) is 17.4 Å². The summed E-state index contributed by atoms with van der Waals surface area (Å²) in [6.45, 7) is 3.67. The van der Waals surface area contributed by atoms with Crippen LogP contribution in [0.3, 0.4) is 0 Å². The van der Waals surface area contributed by atoms with Crippen LogP contribution in [0.25, 0.3) is 0 Å². The summed E-state index contributed by atoms with van der Waals surface area (Å²) in [5, 5.41) is 10.2. The lowest BCUT2D eigenvalue weighted by Gasteiger charge is -2.42. The summed E-state index contributed by atoms with van der Waals surface area (Å²) in [4.78, 5) is 40.2. The summed E-state index contributed by atoms with van der Waals surface area (Å²) in [5.41, 5.74) is 2.70. The van der Waals surface area contributed by atoms with Gasteiger partial charge in [0, 0.05) is 44.2 Å². The number of carbonyl (C=O) groups is 2. The van der Waals surface area contributed by atoms with Crippen LogP contribution in [0.15, 0.2) is 54.7 Å². The maximum atomic E-state index is 13.2. The Morgan fingerprint density at radius 3 is 2.62 bits per heavy atom. The number of piperidine rings is 1. The third kappa shape index (κ3) is 7.29. The number of hydrogen-bond acceptors (Lipinski definition) is 9. The number of anilines is 1. The molecule has 6 rings (SSSR count). The number of nitrogens with zero attached hydrogens (tertiary/aromatic N) is 5. The molecule has 1 unspecified atom stereocenters. The number of aryl methyl sites for hydroxylation is 1. The van der Waals surface area contributed by atoms with Crippen LogP contribution in [-0.4, -0.2) is 95.5 Å². The molecule has 12 nitrogen and oxygen atoms in total. The third-order valence-electron chi connectivity index (χ3n) is 8.64. The topological polar surface area (TPSA) is 127 Å². The fourth-order valence-electron chi connectivity index (χ4n) is 6.22. The van der Waals surface area contributed by atoms with Gasteiger partial charge >= 0.3 is 6.09 Å². The second-order valence-electron chi connectivity index (χ2n) is 11.5.